The fourth-order valence-electron chi connectivity index (χ4n) is 3.79. The van der Waals surface area contributed by atoms with E-state index in [2.05, 4.69) is 21.6 Å². The predicted octanol–water partition coefficient (Wildman–Crippen LogP) is 1.07. The van der Waals surface area contributed by atoms with E-state index in [0.29, 0.717) is 5.75 Å². The molecule has 1 aromatic rings. The van der Waals surface area contributed by atoms with Crippen molar-refractivity contribution in [2.24, 2.45) is 0 Å². The second-order valence-corrected chi connectivity index (χ2v) is 6.95. The molecule has 2 heterocycles. The number of phenols is 1. The first kappa shape index (κ1) is 18.0. The predicted molar refractivity (Wildman–Crippen MR) is 100 cm³/mol. The fraction of sp³-hybridized carbons (Fsp3) is 0.632. The molecule has 0 spiro atoms. The van der Waals surface area contributed by atoms with Gasteiger partial charge < -0.3 is 19.8 Å². The van der Waals surface area contributed by atoms with E-state index in [1.807, 2.05) is 30.0 Å². The zero-order valence-electron chi connectivity index (χ0n) is 15.4. The number of anilines is 1. The number of likely N-dealkylation sites (N-methyl/N-ethyl adjacent to an activating group) is 1. The average Bonchev–Trinajstić information content (AvgIpc) is 2.67. The summed E-state index contributed by atoms with van der Waals surface area (Å²) in [4.78, 5) is 21.7. The number of hydrogen-bond donors (Lipinski definition) is 1. The number of benzene rings is 1. The van der Waals surface area contributed by atoms with E-state index < -0.39 is 0 Å². The molecule has 1 atom stereocenters. The van der Waals surface area contributed by atoms with Crippen molar-refractivity contribution in [3.8, 4) is 5.75 Å². The Balaban J connectivity index is 1.52. The van der Waals surface area contributed by atoms with Crippen LogP contribution in [0.15, 0.2) is 24.3 Å². The zero-order chi connectivity index (χ0) is 17.8. The summed E-state index contributed by atoms with van der Waals surface area (Å²) in [5.41, 5.74) is 0.886. The van der Waals surface area contributed by atoms with Crippen LogP contribution in [0.5, 0.6) is 5.75 Å². The smallest absolute Gasteiger partial charge is 0.239 e. The molecule has 6 nitrogen and oxygen atoms in total. The third-order valence-corrected chi connectivity index (χ3v) is 5.57. The van der Waals surface area contributed by atoms with Crippen molar-refractivity contribution >= 4 is 11.6 Å². The molecule has 6 heteroatoms. The topological polar surface area (TPSA) is 50.3 Å². The van der Waals surface area contributed by atoms with Gasteiger partial charge in [0.1, 0.15) is 5.75 Å². The van der Waals surface area contributed by atoms with E-state index in [1.54, 1.807) is 6.07 Å². The van der Waals surface area contributed by atoms with Crippen LogP contribution in [0.4, 0.5) is 5.69 Å². The number of nitrogens with zero attached hydrogens (tertiary/aromatic N) is 4. The van der Waals surface area contributed by atoms with Crippen LogP contribution < -0.4 is 4.90 Å². The van der Waals surface area contributed by atoms with E-state index in [1.165, 1.54) is 0 Å². The van der Waals surface area contributed by atoms with Gasteiger partial charge in [-0.15, -0.1) is 0 Å². The van der Waals surface area contributed by atoms with Crippen molar-refractivity contribution in [1.82, 2.24) is 14.7 Å². The summed E-state index contributed by atoms with van der Waals surface area (Å²) in [6.07, 6.45) is 0. The normalized spacial score (nSPS) is 21.4. The van der Waals surface area contributed by atoms with Crippen molar-refractivity contribution < 1.29 is 9.90 Å². The Morgan fingerprint density at radius 1 is 1.04 bits per heavy atom. The molecule has 1 N–H and O–H groups in total. The monoisotopic (exact) mass is 346 g/mol. The summed E-state index contributed by atoms with van der Waals surface area (Å²) in [5.74, 6) is 0.584. The Morgan fingerprint density at radius 2 is 1.68 bits per heavy atom. The Kier molecular flexibility index (Phi) is 5.81. The first-order chi connectivity index (χ1) is 12.1. The maximum Gasteiger partial charge on any atom is 0.239 e. The van der Waals surface area contributed by atoms with Crippen LogP contribution in [0.3, 0.4) is 0 Å². The molecule has 1 aromatic carbocycles. The molecule has 138 valence electrons. The summed E-state index contributed by atoms with van der Waals surface area (Å²) >= 11 is 0. The molecule has 2 fully saturated rings. The number of carbonyl (C=O) groups excluding carboxylic acids is 1. The maximum atomic E-state index is 12.8. The number of rotatable bonds is 4. The lowest BCUT2D eigenvalue weighted by Gasteiger charge is -2.41. The Bertz CT molecular complexity index is 579. The summed E-state index contributed by atoms with van der Waals surface area (Å²) in [6, 6.07) is 7.40. The van der Waals surface area contributed by atoms with Crippen molar-refractivity contribution in [2.75, 3.05) is 63.8 Å². The number of aromatic hydroxyl groups is 1. The highest BCUT2D eigenvalue weighted by atomic mass is 16.3. The van der Waals surface area contributed by atoms with Gasteiger partial charge in [0, 0.05) is 52.4 Å². The van der Waals surface area contributed by atoms with Gasteiger partial charge in [0.25, 0.3) is 0 Å². The second-order valence-electron chi connectivity index (χ2n) is 6.95. The van der Waals surface area contributed by atoms with Gasteiger partial charge in [0.15, 0.2) is 0 Å². The molecule has 0 radical (unpaired) electrons. The summed E-state index contributed by atoms with van der Waals surface area (Å²) in [6.45, 7) is 12.3. The first-order valence-corrected chi connectivity index (χ1v) is 9.38. The molecular weight excluding hydrogens is 316 g/mol. The summed E-state index contributed by atoms with van der Waals surface area (Å²) < 4.78 is 0. The van der Waals surface area contributed by atoms with Gasteiger partial charge in [-0.1, -0.05) is 19.1 Å². The molecule has 0 aromatic heterocycles. The summed E-state index contributed by atoms with van der Waals surface area (Å²) in [7, 11) is 0. The Labute approximate surface area is 150 Å². The first-order valence-electron chi connectivity index (χ1n) is 9.38. The van der Waals surface area contributed by atoms with E-state index in [0.717, 1.165) is 64.6 Å². The fourth-order valence-corrected chi connectivity index (χ4v) is 3.79. The molecule has 3 rings (SSSR count). The molecule has 2 saturated heterocycles. The molecule has 25 heavy (non-hydrogen) atoms. The van der Waals surface area contributed by atoms with Gasteiger partial charge in [-0.25, -0.2) is 0 Å². The highest BCUT2D eigenvalue weighted by Gasteiger charge is 2.30. The second kappa shape index (κ2) is 8.06. The quantitative estimate of drug-likeness (QED) is 0.884. The van der Waals surface area contributed by atoms with Gasteiger partial charge in [0.05, 0.1) is 11.7 Å². The van der Waals surface area contributed by atoms with Crippen molar-refractivity contribution in [1.29, 1.82) is 0 Å². The van der Waals surface area contributed by atoms with Crippen molar-refractivity contribution in [3.63, 3.8) is 0 Å². The van der Waals surface area contributed by atoms with Crippen molar-refractivity contribution in [3.05, 3.63) is 24.3 Å². The molecule has 2 aliphatic heterocycles. The van der Waals surface area contributed by atoms with Crippen LogP contribution in [0.1, 0.15) is 13.8 Å². The third kappa shape index (κ3) is 4.07. The minimum Gasteiger partial charge on any atom is -0.506 e. The van der Waals surface area contributed by atoms with Crippen LogP contribution in [0.25, 0.3) is 0 Å². The lowest BCUT2D eigenvalue weighted by Crippen LogP contribution is -2.57. The van der Waals surface area contributed by atoms with Crippen LogP contribution in [0.2, 0.25) is 0 Å². The van der Waals surface area contributed by atoms with Gasteiger partial charge in [0.2, 0.25) is 5.91 Å². The number of para-hydroxylation sites is 2. The molecular formula is C19H30N4O2. The molecule has 0 bridgehead atoms. The minimum atomic E-state index is -0.0697. The van der Waals surface area contributed by atoms with Crippen molar-refractivity contribution in [2.45, 2.75) is 19.9 Å². The minimum absolute atomic E-state index is 0.0697. The Morgan fingerprint density at radius 3 is 2.28 bits per heavy atom. The lowest BCUT2D eigenvalue weighted by molar-refractivity contribution is -0.138. The largest absolute Gasteiger partial charge is 0.506 e. The third-order valence-electron chi connectivity index (χ3n) is 5.57. The van der Waals surface area contributed by atoms with Crippen LogP contribution >= 0.6 is 0 Å². The van der Waals surface area contributed by atoms with Gasteiger partial charge in [-0.2, -0.15) is 0 Å². The molecule has 0 saturated carbocycles. The highest BCUT2D eigenvalue weighted by Crippen LogP contribution is 2.27. The molecule has 2 aliphatic rings. The van der Waals surface area contributed by atoms with Crippen LogP contribution in [0, 0.1) is 0 Å². The van der Waals surface area contributed by atoms with Gasteiger partial charge >= 0.3 is 0 Å². The number of carbonyl (C=O) groups is 1. The summed E-state index contributed by atoms with van der Waals surface area (Å²) in [5, 5.41) is 10.0. The van der Waals surface area contributed by atoms with E-state index in [9.17, 15) is 9.90 Å². The van der Waals surface area contributed by atoms with E-state index >= 15 is 0 Å². The average molecular weight is 346 g/mol. The standard InChI is InChI=1S/C19H30N4O2/c1-3-20-8-10-23(11-9-20)19(25)16(2)21-12-14-22(15-13-21)17-6-4-5-7-18(17)24/h4-7,16,24H,3,8-15H2,1-2H3/t16-/m1/s1. The SMILES string of the molecule is CCN1CCN(C(=O)[C@@H](C)N2CCN(c3ccccc3O)CC2)CC1. The van der Waals surface area contributed by atoms with Gasteiger partial charge in [-0.05, 0) is 25.6 Å². The van der Waals surface area contributed by atoms with Crippen LogP contribution in [-0.2, 0) is 4.79 Å². The molecule has 0 unspecified atom stereocenters. The lowest BCUT2D eigenvalue weighted by atomic mass is 10.1. The van der Waals surface area contributed by atoms with E-state index in [-0.39, 0.29) is 11.9 Å². The number of piperazine rings is 2. The van der Waals surface area contributed by atoms with E-state index in [4.69, 9.17) is 0 Å². The number of hydrogen-bond acceptors (Lipinski definition) is 5. The molecule has 1 amide bonds. The Hall–Kier alpha value is -1.79. The number of amides is 1. The van der Waals surface area contributed by atoms with Gasteiger partial charge in [-0.3, -0.25) is 9.69 Å². The highest BCUT2D eigenvalue weighted by molar-refractivity contribution is 5.81. The number of phenolic OH excluding ortho intramolecular Hbond substituents is 1. The molecule has 0 aliphatic carbocycles. The zero-order valence-corrected chi connectivity index (χ0v) is 15.4. The van der Waals surface area contributed by atoms with Crippen LogP contribution in [-0.4, -0.2) is 90.7 Å². The maximum absolute atomic E-state index is 12.8.